The molecule has 2 nitrogen and oxygen atoms in total. The molecule has 68 valence electrons. The van der Waals surface area contributed by atoms with Crippen molar-refractivity contribution in [2.75, 3.05) is 26.3 Å². The van der Waals surface area contributed by atoms with Crippen molar-refractivity contribution in [2.45, 2.75) is 6.92 Å². The van der Waals surface area contributed by atoms with E-state index < -0.39 is 0 Å². The summed E-state index contributed by atoms with van der Waals surface area (Å²) in [5.41, 5.74) is 0.596. The molecule has 0 N–H and O–H groups in total. The number of rotatable bonds is 2. The fraction of sp³-hybridized carbons (Fsp3) is 0.556. The summed E-state index contributed by atoms with van der Waals surface area (Å²) in [7, 11) is 0. The van der Waals surface area contributed by atoms with Crippen LogP contribution in [0.5, 0.6) is 0 Å². The zero-order valence-electron chi connectivity index (χ0n) is 7.35. The molecule has 0 aromatic heterocycles. The van der Waals surface area contributed by atoms with Crippen LogP contribution in [0.1, 0.15) is 6.92 Å². The van der Waals surface area contributed by atoms with Crippen molar-refractivity contribution in [3.8, 4) is 0 Å². The molecule has 0 radical (unpaired) electrons. The minimum absolute atomic E-state index is 0.362. The predicted octanol–water partition coefficient (Wildman–Crippen LogP) is 1.71. The average Bonchev–Trinajstić information content (AvgIpc) is 2.07. The van der Waals surface area contributed by atoms with Gasteiger partial charge in [-0.2, -0.15) is 0 Å². The van der Waals surface area contributed by atoms with Gasteiger partial charge in [-0.25, -0.2) is 4.39 Å². The molecule has 1 saturated heterocycles. The molecular weight excluding hydrogens is 157 g/mol. The Bertz CT molecular complexity index is 195. The summed E-state index contributed by atoms with van der Waals surface area (Å²) in [5.74, 6) is -0.362. The first-order valence-corrected chi connectivity index (χ1v) is 4.09. The van der Waals surface area contributed by atoms with Gasteiger partial charge in [-0.3, -0.25) is 0 Å². The first-order chi connectivity index (χ1) is 5.75. The largest absolute Gasteiger partial charge is 0.378 e. The van der Waals surface area contributed by atoms with Gasteiger partial charge in [-0.05, 0) is 6.92 Å². The van der Waals surface area contributed by atoms with Crippen molar-refractivity contribution >= 4 is 0 Å². The maximum atomic E-state index is 12.8. The van der Waals surface area contributed by atoms with Crippen LogP contribution in [-0.4, -0.2) is 31.2 Å². The normalized spacial score (nSPS) is 19.5. The molecule has 1 aliphatic heterocycles. The third kappa shape index (κ3) is 2.08. The molecule has 1 fully saturated rings. The Kier molecular flexibility index (Phi) is 3.29. The van der Waals surface area contributed by atoms with Crippen LogP contribution in [0, 0.1) is 0 Å². The summed E-state index contributed by atoms with van der Waals surface area (Å²) >= 11 is 0. The third-order valence-corrected chi connectivity index (χ3v) is 1.90. The van der Waals surface area contributed by atoms with Crippen molar-refractivity contribution in [2.24, 2.45) is 0 Å². The number of hydrogen-bond acceptors (Lipinski definition) is 2. The highest BCUT2D eigenvalue weighted by atomic mass is 19.1. The summed E-state index contributed by atoms with van der Waals surface area (Å²) in [5, 5.41) is 0. The summed E-state index contributed by atoms with van der Waals surface area (Å²) in [6, 6.07) is 0. The van der Waals surface area contributed by atoms with E-state index in [-0.39, 0.29) is 5.83 Å². The second-order valence-electron chi connectivity index (χ2n) is 2.68. The van der Waals surface area contributed by atoms with E-state index in [9.17, 15) is 4.39 Å². The Morgan fingerprint density at radius 1 is 1.50 bits per heavy atom. The quantitative estimate of drug-likeness (QED) is 0.586. The second kappa shape index (κ2) is 4.26. The molecule has 3 heteroatoms. The van der Waals surface area contributed by atoms with E-state index in [1.807, 2.05) is 11.8 Å². The first-order valence-electron chi connectivity index (χ1n) is 4.09. The van der Waals surface area contributed by atoms with Crippen LogP contribution in [0.15, 0.2) is 24.2 Å². The standard InChI is InChI=1S/C9H14FNO/c1-3-9(8(2)10)11-4-6-12-7-5-11/h3H,2,4-7H2,1H3/b9-3+. The SMILES string of the molecule is C=C(F)/C(=C\C)N1CCOCC1. The van der Waals surface area contributed by atoms with E-state index in [4.69, 9.17) is 4.74 Å². The Labute approximate surface area is 72.3 Å². The number of nitrogens with zero attached hydrogens (tertiary/aromatic N) is 1. The molecule has 0 unspecified atom stereocenters. The number of halogens is 1. The number of morpholine rings is 1. The minimum Gasteiger partial charge on any atom is -0.378 e. The van der Waals surface area contributed by atoms with Crippen molar-refractivity contribution in [3.05, 3.63) is 24.2 Å². The zero-order valence-corrected chi connectivity index (χ0v) is 7.35. The molecule has 1 heterocycles. The first kappa shape index (κ1) is 9.26. The molecular formula is C9H14FNO. The van der Waals surface area contributed by atoms with Crippen molar-refractivity contribution in [3.63, 3.8) is 0 Å². The van der Waals surface area contributed by atoms with E-state index in [1.165, 1.54) is 0 Å². The molecule has 0 saturated carbocycles. The van der Waals surface area contributed by atoms with E-state index in [0.29, 0.717) is 18.9 Å². The fourth-order valence-corrected chi connectivity index (χ4v) is 1.32. The predicted molar refractivity (Wildman–Crippen MR) is 46.4 cm³/mol. The van der Waals surface area contributed by atoms with Gasteiger partial charge in [0.15, 0.2) is 0 Å². The highest BCUT2D eigenvalue weighted by molar-refractivity contribution is 5.20. The molecule has 0 aromatic rings. The number of ether oxygens (including phenoxy) is 1. The van der Waals surface area contributed by atoms with Crippen molar-refractivity contribution in [1.82, 2.24) is 4.90 Å². The molecule has 1 aliphatic rings. The molecule has 0 spiro atoms. The van der Waals surface area contributed by atoms with Gasteiger partial charge in [0.05, 0.1) is 18.9 Å². The van der Waals surface area contributed by atoms with Crippen LogP contribution in [0.2, 0.25) is 0 Å². The number of hydrogen-bond donors (Lipinski definition) is 0. The lowest BCUT2D eigenvalue weighted by Crippen LogP contribution is -2.35. The van der Waals surface area contributed by atoms with Crippen LogP contribution in [0.4, 0.5) is 4.39 Å². The molecule has 0 amide bonds. The van der Waals surface area contributed by atoms with Gasteiger partial charge >= 0.3 is 0 Å². The Hall–Kier alpha value is -0.830. The van der Waals surface area contributed by atoms with Gasteiger partial charge in [-0.15, -0.1) is 0 Å². The maximum absolute atomic E-state index is 12.8. The lowest BCUT2D eigenvalue weighted by atomic mass is 10.3. The third-order valence-electron chi connectivity index (χ3n) is 1.90. The van der Waals surface area contributed by atoms with Gasteiger partial charge in [0.1, 0.15) is 5.83 Å². The van der Waals surface area contributed by atoms with E-state index in [2.05, 4.69) is 6.58 Å². The number of allylic oxidation sites excluding steroid dienone is 2. The van der Waals surface area contributed by atoms with Gasteiger partial charge in [0.2, 0.25) is 0 Å². The average molecular weight is 171 g/mol. The van der Waals surface area contributed by atoms with E-state index in [0.717, 1.165) is 13.1 Å². The highest BCUT2D eigenvalue weighted by Crippen LogP contribution is 2.15. The molecule has 0 aliphatic carbocycles. The molecule has 0 aromatic carbocycles. The maximum Gasteiger partial charge on any atom is 0.139 e. The van der Waals surface area contributed by atoms with E-state index >= 15 is 0 Å². The summed E-state index contributed by atoms with van der Waals surface area (Å²) in [4.78, 5) is 1.95. The van der Waals surface area contributed by atoms with Crippen LogP contribution >= 0.6 is 0 Å². The van der Waals surface area contributed by atoms with Gasteiger partial charge in [0, 0.05) is 13.1 Å². The molecule has 1 rings (SSSR count). The monoisotopic (exact) mass is 171 g/mol. The fourth-order valence-electron chi connectivity index (χ4n) is 1.32. The lowest BCUT2D eigenvalue weighted by Gasteiger charge is -2.29. The minimum atomic E-state index is -0.362. The molecule has 0 atom stereocenters. The zero-order chi connectivity index (χ0) is 8.97. The van der Waals surface area contributed by atoms with Crippen molar-refractivity contribution < 1.29 is 9.13 Å². The topological polar surface area (TPSA) is 12.5 Å². The smallest absolute Gasteiger partial charge is 0.139 e. The molecule has 12 heavy (non-hydrogen) atoms. The van der Waals surface area contributed by atoms with Crippen molar-refractivity contribution in [1.29, 1.82) is 0 Å². The van der Waals surface area contributed by atoms with Crippen LogP contribution in [-0.2, 0) is 4.74 Å². The van der Waals surface area contributed by atoms with Crippen LogP contribution in [0.3, 0.4) is 0 Å². The van der Waals surface area contributed by atoms with Crippen LogP contribution < -0.4 is 0 Å². The lowest BCUT2D eigenvalue weighted by molar-refractivity contribution is 0.0535. The van der Waals surface area contributed by atoms with Gasteiger partial charge in [0.25, 0.3) is 0 Å². The van der Waals surface area contributed by atoms with Gasteiger partial charge < -0.3 is 9.64 Å². The Balaban J connectivity index is 2.59. The summed E-state index contributed by atoms with van der Waals surface area (Å²) in [6.45, 7) is 7.95. The van der Waals surface area contributed by atoms with E-state index in [1.54, 1.807) is 6.08 Å². The summed E-state index contributed by atoms with van der Waals surface area (Å²) in [6.07, 6.45) is 1.74. The Morgan fingerprint density at radius 2 is 2.08 bits per heavy atom. The van der Waals surface area contributed by atoms with Gasteiger partial charge in [-0.1, -0.05) is 12.7 Å². The van der Waals surface area contributed by atoms with Crippen LogP contribution in [0.25, 0.3) is 0 Å². The Morgan fingerprint density at radius 3 is 2.50 bits per heavy atom. The highest BCUT2D eigenvalue weighted by Gasteiger charge is 2.14. The summed E-state index contributed by atoms with van der Waals surface area (Å²) < 4.78 is 18.0. The second-order valence-corrected chi connectivity index (χ2v) is 2.68. The molecule has 0 bridgehead atoms.